The first-order valence-electron chi connectivity index (χ1n) is 7.28. The van der Waals surface area contributed by atoms with E-state index in [0.717, 1.165) is 27.7 Å². The van der Waals surface area contributed by atoms with Gasteiger partial charge in [-0.2, -0.15) is 0 Å². The summed E-state index contributed by atoms with van der Waals surface area (Å²) in [5, 5.41) is 10.4. The molecular weight excluding hydrogens is 342 g/mol. The van der Waals surface area contributed by atoms with Crippen molar-refractivity contribution in [1.29, 1.82) is 0 Å². The lowest BCUT2D eigenvalue weighted by atomic mass is 10.0. The van der Waals surface area contributed by atoms with E-state index in [-0.39, 0.29) is 0 Å². The van der Waals surface area contributed by atoms with Crippen molar-refractivity contribution in [3.05, 3.63) is 59.6 Å². The maximum atomic E-state index is 5.98. The van der Waals surface area contributed by atoms with Crippen LogP contribution in [0.1, 0.15) is 0 Å². The van der Waals surface area contributed by atoms with Gasteiger partial charge < -0.3 is 4.42 Å². The first-order valence-corrected chi connectivity index (χ1v) is 8.88. The Hall–Kier alpha value is -2.37. The van der Waals surface area contributed by atoms with E-state index in [0.29, 0.717) is 16.1 Å². The highest BCUT2D eigenvalue weighted by Gasteiger charge is 2.14. The van der Waals surface area contributed by atoms with Crippen LogP contribution in [0.4, 0.5) is 0 Å². The fraction of sp³-hybridized carbons (Fsp3) is 0.0556. The third-order valence-electron chi connectivity index (χ3n) is 3.67. The molecule has 4 nitrogen and oxygen atoms in total. The molecule has 0 bridgehead atoms. The lowest BCUT2D eigenvalue weighted by Crippen LogP contribution is -1.90. The maximum absolute atomic E-state index is 5.98. The van der Waals surface area contributed by atoms with Gasteiger partial charge in [-0.15, -0.1) is 10.2 Å². The number of halogens is 1. The van der Waals surface area contributed by atoms with E-state index in [4.69, 9.17) is 21.0 Å². The van der Waals surface area contributed by atoms with Crippen LogP contribution >= 0.6 is 23.4 Å². The molecule has 4 rings (SSSR count). The Labute approximate surface area is 147 Å². The van der Waals surface area contributed by atoms with Crippen molar-refractivity contribution in [3.8, 4) is 22.7 Å². The Morgan fingerprint density at radius 2 is 1.79 bits per heavy atom. The summed E-state index contributed by atoms with van der Waals surface area (Å²) in [5.41, 5.74) is 3.57. The normalized spacial score (nSPS) is 11.1. The van der Waals surface area contributed by atoms with Crippen LogP contribution in [0.5, 0.6) is 0 Å². The summed E-state index contributed by atoms with van der Waals surface area (Å²) in [6, 6.07) is 17.5. The standard InChI is InChI=1S/C18H12ClN3OS/c1-24-18-22-21-17(23-18)14-10-16(11-6-8-12(19)9-7-11)20-15-5-3-2-4-13(14)15/h2-10H,1H3. The van der Waals surface area contributed by atoms with Crippen LogP contribution in [0.25, 0.3) is 33.6 Å². The van der Waals surface area contributed by atoms with Crippen LogP contribution in [-0.2, 0) is 0 Å². The summed E-state index contributed by atoms with van der Waals surface area (Å²) in [6.07, 6.45) is 1.90. The van der Waals surface area contributed by atoms with Crippen LogP contribution in [0, 0.1) is 0 Å². The number of para-hydroxylation sites is 1. The minimum Gasteiger partial charge on any atom is -0.411 e. The highest BCUT2D eigenvalue weighted by atomic mass is 35.5. The molecule has 2 aromatic carbocycles. The molecule has 0 aliphatic heterocycles. The molecule has 4 aromatic rings. The Kier molecular flexibility index (Phi) is 3.96. The molecule has 2 aromatic heterocycles. The zero-order valence-electron chi connectivity index (χ0n) is 12.7. The number of hydrogen-bond donors (Lipinski definition) is 0. The lowest BCUT2D eigenvalue weighted by Gasteiger charge is -2.07. The molecule has 0 atom stereocenters. The van der Waals surface area contributed by atoms with Gasteiger partial charge in [0.25, 0.3) is 5.22 Å². The van der Waals surface area contributed by atoms with Crippen LogP contribution in [0.3, 0.4) is 0 Å². The summed E-state index contributed by atoms with van der Waals surface area (Å²) in [4.78, 5) is 4.75. The number of pyridine rings is 1. The number of hydrogen-bond acceptors (Lipinski definition) is 5. The molecule has 2 heterocycles. The molecule has 0 saturated carbocycles. The third-order valence-corrected chi connectivity index (χ3v) is 4.43. The van der Waals surface area contributed by atoms with Crippen molar-refractivity contribution in [3.63, 3.8) is 0 Å². The second-order valence-corrected chi connectivity index (χ2v) is 6.35. The Balaban J connectivity index is 1.95. The van der Waals surface area contributed by atoms with Gasteiger partial charge in [0.05, 0.1) is 16.8 Å². The molecule has 0 amide bonds. The van der Waals surface area contributed by atoms with Gasteiger partial charge in [-0.25, -0.2) is 4.98 Å². The minimum atomic E-state index is 0.494. The second-order valence-electron chi connectivity index (χ2n) is 5.16. The first kappa shape index (κ1) is 15.2. The zero-order chi connectivity index (χ0) is 16.5. The fourth-order valence-electron chi connectivity index (χ4n) is 2.52. The van der Waals surface area contributed by atoms with Crippen LogP contribution in [0.2, 0.25) is 5.02 Å². The van der Waals surface area contributed by atoms with E-state index >= 15 is 0 Å². The minimum absolute atomic E-state index is 0.494. The number of fused-ring (bicyclic) bond motifs is 1. The van der Waals surface area contributed by atoms with Crippen LogP contribution in [0.15, 0.2) is 64.2 Å². The molecule has 0 N–H and O–H groups in total. The molecule has 6 heteroatoms. The summed E-state index contributed by atoms with van der Waals surface area (Å²) < 4.78 is 5.73. The molecule has 0 saturated heterocycles. The summed E-state index contributed by atoms with van der Waals surface area (Å²) in [7, 11) is 0. The third kappa shape index (κ3) is 2.77. The second kappa shape index (κ2) is 6.26. The van der Waals surface area contributed by atoms with Crippen molar-refractivity contribution < 1.29 is 4.42 Å². The molecule has 0 aliphatic rings. The monoisotopic (exact) mass is 353 g/mol. The van der Waals surface area contributed by atoms with Gasteiger partial charge in [-0.05, 0) is 30.5 Å². The number of benzene rings is 2. The van der Waals surface area contributed by atoms with E-state index in [1.807, 2.05) is 60.9 Å². The van der Waals surface area contributed by atoms with Crippen molar-refractivity contribution in [2.45, 2.75) is 5.22 Å². The quantitative estimate of drug-likeness (QED) is 0.466. The number of aromatic nitrogens is 3. The highest BCUT2D eigenvalue weighted by Crippen LogP contribution is 2.32. The van der Waals surface area contributed by atoms with Crippen molar-refractivity contribution in [2.75, 3.05) is 6.26 Å². The van der Waals surface area contributed by atoms with Gasteiger partial charge in [0.1, 0.15) is 0 Å². The highest BCUT2D eigenvalue weighted by molar-refractivity contribution is 7.98. The molecule has 0 unspecified atom stereocenters. The first-order chi connectivity index (χ1) is 11.7. The van der Waals surface area contributed by atoms with E-state index in [1.165, 1.54) is 11.8 Å². The van der Waals surface area contributed by atoms with E-state index in [9.17, 15) is 0 Å². The van der Waals surface area contributed by atoms with Crippen molar-refractivity contribution in [2.24, 2.45) is 0 Å². The molecule has 0 fully saturated rings. The predicted octanol–water partition coefficient (Wildman–Crippen LogP) is 5.33. The maximum Gasteiger partial charge on any atom is 0.276 e. The zero-order valence-corrected chi connectivity index (χ0v) is 14.3. The molecule has 0 radical (unpaired) electrons. The Morgan fingerprint density at radius 1 is 1.00 bits per heavy atom. The lowest BCUT2D eigenvalue weighted by molar-refractivity contribution is 0.467. The average Bonchev–Trinajstić information content (AvgIpc) is 3.10. The molecule has 24 heavy (non-hydrogen) atoms. The van der Waals surface area contributed by atoms with Crippen molar-refractivity contribution in [1.82, 2.24) is 15.2 Å². The molecule has 118 valence electrons. The SMILES string of the molecule is CSc1nnc(-c2cc(-c3ccc(Cl)cc3)nc3ccccc23)o1. The van der Waals surface area contributed by atoms with Crippen LogP contribution < -0.4 is 0 Å². The number of nitrogens with zero attached hydrogens (tertiary/aromatic N) is 3. The topological polar surface area (TPSA) is 51.8 Å². The number of thioether (sulfide) groups is 1. The van der Waals surface area contributed by atoms with E-state index in [1.54, 1.807) is 0 Å². The molecule has 0 aliphatic carbocycles. The number of rotatable bonds is 3. The molecular formula is C18H12ClN3OS. The van der Waals surface area contributed by atoms with Gasteiger partial charge in [-0.1, -0.05) is 53.7 Å². The van der Waals surface area contributed by atoms with Crippen LogP contribution in [-0.4, -0.2) is 21.4 Å². The average molecular weight is 354 g/mol. The Bertz CT molecular complexity index is 1010. The van der Waals surface area contributed by atoms with Gasteiger partial charge in [0.2, 0.25) is 5.89 Å². The summed E-state index contributed by atoms with van der Waals surface area (Å²) in [6.45, 7) is 0. The summed E-state index contributed by atoms with van der Waals surface area (Å²) >= 11 is 7.41. The molecule has 0 spiro atoms. The smallest absolute Gasteiger partial charge is 0.276 e. The van der Waals surface area contributed by atoms with Crippen molar-refractivity contribution >= 4 is 34.3 Å². The summed E-state index contributed by atoms with van der Waals surface area (Å²) in [5.74, 6) is 0.494. The van der Waals surface area contributed by atoms with Gasteiger partial charge in [0, 0.05) is 16.0 Å². The fourth-order valence-corrected chi connectivity index (χ4v) is 2.93. The van der Waals surface area contributed by atoms with Gasteiger partial charge in [0.15, 0.2) is 0 Å². The van der Waals surface area contributed by atoms with Gasteiger partial charge in [-0.3, -0.25) is 0 Å². The largest absolute Gasteiger partial charge is 0.411 e. The van der Waals surface area contributed by atoms with E-state index < -0.39 is 0 Å². The Morgan fingerprint density at radius 3 is 2.54 bits per heavy atom. The van der Waals surface area contributed by atoms with Gasteiger partial charge >= 0.3 is 0 Å². The van der Waals surface area contributed by atoms with E-state index in [2.05, 4.69) is 10.2 Å². The predicted molar refractivity (Wildman–Crippen MR) is 97.3 cm³/mol.